The van der Waals surface area contributed by atoms with E-state index in [1.165, 1.54) is 0 Å². The topological polar surface area (TPSA) is 21.3 Å². The van der Waals surface area contributed by atoms with E-state index >= 15 is 0 Å². The number of nitrogens with one attached hydrogen (secondary N) is 1. The number of halogens is 1. The van der Waals surface area contributed by atoms with Crippen LogP contribution >= 0.6 is 21.0 Å². The Bertz CT molecular complexity index is 75.5. The van der Waals surface area contributed by atoms with Crippen molar-refractivity contribution in [3.05, 3.63) is 0 Å². The molecular formula is C6H14INO. The molecule has 3 heteroatoms. The maximum Gasteiger partial charge on any atom is 0.0694 e. The summed E-state index contributed by atoms with van der Waals surface area (Å²) in [6, 6.07) is 0. The third-order valence-corrected chi connectivity index (χ3v) is 1.53. The second kappa shape index (κ2) is 6.64. The van der Waals surface area contributed by atoms with Crippen LogP contribution in [-0.4, -0.2) is 11.1 Å². The van der Waals surface area contributed by atoms with E-state index in [9.17, 15) is 0 Å². The summed E-state index contributed by atoms with van der Waals surface area (Å²) in [6.45, 7) is 5.18. The largest absolute Gasteiger partial charge is 0.292 e. The summed E-state index contributed by atoms with van der Waals surface area (Å²) in [7, 11) is 0. The van der Waals surface area contributed by atoms with Crippen molar-refractivity contribution < 1.29 is 4.84 Å². The standard InChI is InChI=1S/C6H14INO/c1-6(2)4-5-9-8-7-3/h6,8H,3-5H2,1-2H3. The fourth-order valence-corrected chi connectivity index (χ4v) is 0.812. The molecule has 0 aromatic carbocycles. The lowest BCUT2D eigenvalue weighted by Gasteiger charge is -2.02. The Labute approximate surface area is 67.0 Å². The molecule has 0 fully saturated rings. The Morgan fingerprint density at radius 3 is 2.78 bits per heavy atom. The van der Waals surface area contributed by atoms with Gasteiger partial charge in [-0.2, -0.15) is 0 Å². The zero-order valence-electron chi connectivity index (χ0n) is 5.98. The first kappa shape index (κ1) is 9.52. The molecule has 0 aliphatic heterocycles. The second-order valence-corrected chi connectivity index (χ2v) is 3.44. The molecule has 0 aliphatic rings. The van der Waals surface area contributed by atoms with Crippen LogP contribution in [0.4, 0.5) is 0 Å². The smallest absolute Gasteiger partial charge is 0.0694 e. The van der Waals surface area contributed by atoms with Crippen LogP contribution in [0.25, 0.3) is 0 Å². The van der Waals surface area contributed by atoms with Gasteiger partial charge < -0.3 is 0 Å². The highest BCUT2D eigenvalue weighted by Crippen LogP contribution is 1.98. The molecule has 0 saturated heterocycles. The molecule has 1 N–H and O–H groups in total. The molecular weight excluding hydrogens is 229 g/mol. The van der Waals surface area contributed by atoms with Gasteiger partial charge in [0.2, 0.25) is 0 Å². The Kier molecular flexibility index (Phi) is 7.02. The van der Waals surface area contributed by atoms with Crippen LogP contribution in [0.3, 0.4) is 0 Å². The molecule has 2 nitrogen and oxygen atoms in total. The maximum atomic E-state index is 5.03. The Morgan fingerprint density at radius 1 is 1.67 bits per heavy atom. The van der Waals surface area contributed by atoms with Crippen molar-refractivity contribution in [2.75, 3.05) is 6.61 Å². The van der Waals surface area contributed by atoms with Crippen molar-refractivity contribution in [3.63, 3.8) is 0 Å². The van der Waals surface area contributed by atoms with Gasteiger partial charge in [-0.25, -0.2) is 0 Å². The van der Waals surface area contributed by atoms with Gasteiger partial charge >= 0.3 is 0 Å². The van der Waals surface area contributed by atoms with Crippen LogP contribution in [0.5, 0.6) is 0 Å². The molecule has 9 heavy (non-hydrogen) atoms. The first-order valence-electron chi connectivity index (χ1n) is 3.01. The van der Waals surface area contributed by atoms with Crippen molar-refractivity contribution in [3.8, 4) is 0 Å². The summed E-state index contributed by atoms with van der Waals surface area (Å²) in [5.41, 5.74) is 0. The SMILES string of the molecule is C=INOCCC(C)C. The molecule has 0 rings (SSSR count). The molecule has 0 spiro atoms. The highest BCUT2D eigenvalue weighted by molar-refractivity contribution is 14.2. The summed E-state index contributed by atoms with van der Waals surface area (Å²) in [6.07, 6.45) is 1.12. The predicted molar refractivity (Wildman–Crippen MR) is 49.7 cm³/mol. The lowest BCUT2D eigenvalue weighted by atomic mass is 10.1. The van der Waals surface area contributed by atoms with Crippen LogP contribution in [0.2, 0.25) is 0 Å². The van der Waals surface area contributed by atoms with Gasteiger partial charge in [0.15, 0.2) is 0 Å². The minimum absolute atomic E-state index is 0.147. The highest BCUT2D eigenvalue weighted by Gasteiger charge is 1.91. The van der Waals surface area contributed by atoms with Gasteiger partial charge in [0.05, 0.1) is 6.61 Å². The molecule has 0 unspecified atom stereocenters. The summed E-state index contributed by atoms with van der Waals surface area (Å²) in [5.74, 6) is 0.731. The Morgan fingerprint density at radius 2 is 2.33 bits per heavy atom. The van der Waals surface area contributed by atoms with Gasteiger partial charge in [-0.05, 0) is 33.3 Å². The summed E-state index contributed by atoms with van der Waals surface area (Å²) in [4.78, 5) is 5.03. The van der Waals surface area contributed by atoms with Crippen LogP contribution in [0, 0.1) is 5.92 Å². The first-order chi connectivity index (χ1) is 4.27. The van der Waals surface area contributed by atoms with Crippen LogP contribution in [0.15, 0.2) is 0 Å². The molecule has 0 amide bonds. The van der Waals surface area contributed by atoms with E-state index in [2.05, 4.69) is 22.1 Å². The highest BCUT2D eigenvalue weighted by atomic mass is 127. The molecule has 0 bridgehead atoms. The molecule has 0 aromatic heterocycles. The average molecular weight is 243 g/mol. The molecule has 0 aliphatic carbocycles. The van der Waals surface area contributed by atoms with Gasteiger partial charge in [-0.3, -0.25) is 4.84 Å². The summed E-state index contributed by atoms with van der Waals surface area (Å²) < 4.78 is 6.48. The first-order valence-corrected chi connectivity index (χ1v) is 5.62. The fourth-order valence-electron chi connectivity index (χ4n) is 0.372. The molecule has 0 saturated carbocycles. The summed E-state index contributed by atoms with van der Waals surface area (Å²) >= 11 is -0.147. The van der Waals surface area contributed by atoms with Gasteiger partial charge in [-0.1, -0.05) is 18.4 Å². The molecule has 0 heterocycles. The van der Waals surface area contributed by atoms with Crippen molar-refractivity contribution >= 4 is 25.5 Å². The average Bonchev–Trinajstić information content (AvgIpc) is 1.80. The number of hydrogen-bond acceptors (Lipinski definition) is 2. The number of hydrogen-bond donors (Lipinski definition) is 1. The Balaban J connectivity index is 2.82. The zero-order chi connectivity index (χ0) is 7.11. The van der Waals surface area contributed by atoms with Gasteiger partial charge in [0.1, 0.15) is 0 Å². The zero-order valence-corrected chi connectivity index (χ0v) is 8.14. The van der Waals surface area contributed by atoms with E-state index < -0.39 is 0 Å². The minimum atomic E-state index is -0.147. The van der Waals surface area contributed by atoms with E-state index in [0.29, 0.717) is 0 Å². The normalized spacial score (nSPS) is 10.6. The van der Waals surface area contributed by atoms with Crippen molar-refractivity contribution in [1.82, 2.24) is 3.69 Å². The van der Waals surface area contributed by atoms with Crippen LogP contribution in [0.1, 0.15) is 20.3 Å². The van der Waals surface area contributed by atoms with Crippen molar-refractivity contribution in [1.29, 1.82) is 0 Å². The van der Waals surface area contributed by atoms with Gasteiger partial charge in [0.25, 0.3) is 0 Å². The third-order valence-electron chi connectivity index (χ3n) is 0.906. The van der Waals surface area contributed by atoms with E-state index in [-0.39, 0.29) is 21.0 Å². The minimum Gasteiger partial charge on any atom is -0.292 e. The van der Waals surface area contributed by atoms with Gasteiger partial charge in [0, 0.05) is 0 Å². The van der Waals surface area contributed by atoms with Crippen molar-refractivity contribution in [2.45, 2.75) is 20.3 Å². The Hall–Kier alpha value is 0.520. The van der Waals surface area contributed by atoms with Crippen LogP contribution < -0.4 is 3.69 Å². The molecule has 0 atom stereocenters. The molecule has 56 valence electrons. The van der Waals surface area contributed by atoms with E-state index in [1.54, 1.807) is 0 Å². The monoisotopic (exact) mass is 243 g/mol. The lowest BCUT2D eigenvalue weighted by molar-refractivity contribution is 0.103. The third kappa shape index (κ3) is 8.52. The molecule has 0 radical (unpaired) electrons. The van der Waals surface area contributed by atoms with E-state index in [0.717, 1.165) is 18.9 Å². The second-order valence-electron chi connectivity index (χ2n) is 2.24. The fraction of sp³-hybridized carbons (Fsp3) is 0.833. The van der Waals surface area contributed by atoms with Crippen molar-refractivity contribution in [2.24, 2.45) is 5.92 Å². The van der Waals surface area contributed by atoms with E-state index in [1.807, 2.05) is 0 Å². The predicted octanol–water partition coefficient (Wildman–Crippen LogP) is 1.87. The maximum absolute atomic E-state index is 5.03. The van der Waals surface area contributed by atoms with Gasteiger partial charge in [-0.15, -0.1) is 3.69 Å². The summed E-state index contributed by atoms with van der Waals surface area (Å²) in [5, 5.41) is 0. The van der Waals surface area contributed by atoms with E-state index in [4.69, 9.17) is 4.84 Å². The van der Waals surface area contributed by atoms with Crippen LogP contribution in [-0.2, 0) is 4.84 Å². The number of rotatable bonds is 5. The molecule has 0 aromatic rings. The quantitative estimate of drug-likeness (QED) is 0.344. The lowest BCUT2D eigenvalue weighted by Crippen LogP contribution is -2.04.